The normalized spacial score (nSPS) is 12.3. The molecule has 0 aromatic carbocycles. The zero-order chi connectivity index (χ0) is 34.3. The highest BCUT2D eigenvalue weighted by molar-refractivity contribution is 5.70. The second-order valence-electron chi connectivity index (χ2n) is 13.7. The van der Waals surface area contributed by atoms with Gasteiger partial charge in [0.15, 0.2) is 6.10 Å². The highest BCUT2D eigenvalue weighted by Gasteiger charge is 2.16. The van der Waals surface area contributed by atoms with Gasteiger partial charge in [-0.2, -0.15) is 0 Å². The van der Waals surface area contributed by atoms with Gasteiger partial charge in [-0.05, 0) is 44.9 Å². The predicted octanol–water partition coefficient (Wildman–Crippen LogP) is 12.7. The number of aliphatic hydroxyl groups is 1. The number of aliphatic hydroxyl groups excluding tert-OH is 1. The first-order valence-electron chi connectivity index (χ1n) is 20.4. The Morgan fingerprint density at radius 3 is 1.28 bits per heavy atom. The van der Waals surface area contributed by atoms with Crippen molar-refractivity contribution in [1.82, 2.24) is 0 Å². The Morgan fingerprint density at radius 1 is 0.468 bits per heavy atom. The Bertz CT molecular complexity index is 716. The molecule has 47 heavy (non-hydrogen) atoms. The van der Waals surface area contributed by atoms with Crippen LogP contribution in [0.4, 0.5) is 0 Å². The smallest absolute Gasteiger partial charge is 0.306 e. The summed E-state index contributed by atoms with van der Waals surface area (Å²) >= 11 is 0. The van der Waals surface area contributed by atoms with Gasteiger partial charge in [0.2, 0.25) is 0 Å². The van der Waals surface area contributed by atoms with E-state index in [1.165, 1.54) is 141 Å². The summed E-state index contributed by atoms with van der Waals surface area (Å²) in [4.78, 5) is 24.2. The molecule has 0 unspecified atom stereocenters. The Balaban J connectivity index is 3.55. The minimum Gasteiger partial charge on any atom is -0.462 e. The van der Waals surface area contributed by atoms with Crippen molar-refractivity contribution in [2.45, 2.75) is 219 Å². The molecule has 5 nitrogen and oxygen atoms in total. The molecule has 0 saturated heterocycles. The average molecular weight is 663 g/mol. The summed E-state index contributed by atoms with van der Waals surface area (Å²) in [6.07, 6.45) is 45.5. The van der Waals surface area contributed by atoms with Crippen molar-refractivity contribution in [3.05, 3.63) is 24.3 Å². The first-order chi connectivity index (χ1) is 23.1. The van der Waals surface area contributed by atoms with E-state index in [2.05, 4.69) is 38.2 Å². The molecule has 0 bridgehead atoms. The molecule has 0 saturated carbocycles. The molecule has 0 aromatic rings. The molecule has 0 aromatic heterocycles. The van der Waals surface area contributed by atoms with E-state index < -0.39 is 6.10 Å². The molecule has 0 heterocycles. The number of esters is 2. The van der Waals surface area contributed by atoms with E-state index in [0.29, 0.717) is 19.3 Å². The van der Waals surface area contributed by atoms with Gasteiger partial charge in [-0.15, -0.1) is 0 Å². The van der Waals surface area contributed by atoms with E-state index in [9.17, 15) is 14.7 Å². The van der Waals surface area contributed by atoms with E-state index in [1.807, 2.05) is 0 Å². The minimum atomic E-state index is -0.786. The molecule has 1 atom stereocenters. The van der Waals surface area contributed by atoms with Crippen LogP contribution in [0.15, 0.2) is 24.3 Å². The number of allylic oxidation sites excluding steroid dienone is 4. The van der Waals surface area contributed by atoms with Crippen molar-refractivity contribution < 1.29 is 24.2 Å². The highest BCUT2D eigenvalue weighted by Crippen LogP contribution is 2.14. The van der Waals surface area contributed by atoms with E-state index in [-0.39, 0.29) is 25.2 Å². The number of hydrogen-bond donors (Lipinski definition) is 1. The van der Waals surface area contributed by atoms with Crippen LogP contribution in [0.3, 0.4) is 0 Å². The highest BCUT2D eigenvalue weighted by atomic mass is 16.6. The van der Waals surface area contributed by atoms with E-state index in [0.717, 1.165) is 38.5 Å². The van der Waals surface area contributed by atoms with Crippen molar-refractivity contribution in [2.75, 3.05) is 13.2 Å². The maximum absolute atomic E-state index is 12.1. The molecule has 5 heteroatoms. The molecule has 0 fully saturated rings. The minimum absolute atomic E-state index is 0.0777. The lowest BCUT2D eigenvalue weighted by atomic mass is 10.0. The fourth-order valence-electron chi connectivity index (χ4n) is 5.87. The summed E-state index contributed by atoms with van der Waals surface area (Å²) < 4.78 is 10.5. The Labute approximate surface area is 292 Å². The van der Waals surface area contributed by atoms with Crippen LogP contribution in [-0.4, -0.2) is 36.4 Å². The maximum Gasteiger partial charge on any atom is 0.306 e. The SMILES string of the molecule is CCCCCCCCCCCCCCCC/C=C/CC/C=C/CCCC(=O)O[C@@H](CO)COC(=O)CCCCCCCCCCCC. The third kappa shape index (κ3) is 37.1. The van der Waals surface area contributed by atoms with Crippen molar-refractivity contribution in [1.29, 1.82) is 0 Å². The molecule has 0 spiro atoms. The average Bonchev–Trinajstić information content (AvgIpc) is 3.07. The Kier molecular flexibility index (Phi) is 37.5. The molecule has 0 aliphatic rings. The summed E-state index contributed by atoms with van der Waals surface area (Å²) in [5.41, 5.74) is 0. The fourth-order valence-corrected chi connectivity index (χ4v) is 5.87. The second kappa shape index (κ2) is 38.8. The van der Waals surface area contributed by atoms with Gasteiger partial charge < -0.3 is 14.6 Å². The van der Waals surface area contributed by atoms with Crippen molar-refractivity contribution in [3.8, 4) is 0 Å². The van der Waals surface area contributed by atoms with Crippen LogP contribution in [0.2, 0.25) is 0 Å². The molecular weight excluding hydrogens is 584 g/mol. The molecule has 0 amide bonds. The topological polar surface area (TPSA) is 72.8 Å². The molecule has 1 N–H and O–H groups in total. The summed E-state index contributed by atoms with van der Waals surface area (Å²) in [5, 5.41) is 9.52. The van der Waals surface area contributed by atoms with Crippen LogP contribution in [0, 0.1) is 0 Å². The van der Waals surface area contributed by atoms with Gasteiger partial charge in [-0.3, -0.25) is 9.59 Å². The van der Waals surface area contributed by atoms with Crippen LogP contribution in [0.5, 0.6) is 0 Å². The number of ether oxygens (including phenoxy) is 2. The molecule has 0 rings (SSSR count). The van der Waals surface area contributed by atoms with Gasteiger partial charge in [0.05, 0.1) is 6.61 Å². The number of carbonyl (C=O) groups excluding carboxylic acids is 2. The maximum atomic E-state index is 12.1. The Morgan fingerprint density at radius 2 is 0.830 bits per heavy atom. The first-order valence-corrected chi connectivity index (χ1v) is 20.4. The van der Waals surface area contributed by atoms with Gasteiger partial charge >= 0.3 is 11.9 Å². The number of carbonyl (C=O) groups is 2. The lowest BCUT2D eigenvalue weighted by molar-refractivity contribution is -0.161. The lowest BCUT2D eigenvalue weighted by Crippen LogP contribution is -2.28. The van der Waals surface area contributed by atoms with Crippen molar-refractivity contribution in [3.63, 3.8) is 0 Å². The van der Waals surface area contributed by atoms with Crippen molar-refractivity contribution >= 4 is 11.9 Å². The van der Waals surface area contributed by atoms with Gasteiger partial charge in [-0.1, -0.05) is 179 Å². The molecule has 0 aliphatic carbocycles. The second-order valence-corrected chi connectivity index (χ2v) is 13.7. The first kappa shape index (κ1) is 45.4. The quantitative estimate of drug-likeness (QED) is 0.0407. The fraction of sp³-hybridized carbons (Fsp3) is 0.857. The van der Waals surface area contributed by atoms with E-state index in [4.69, 9.17) is 9.47 Å². The van der Waals surface area contributed by atoms with E-state index >= 15 is 0 Å². The Hall–Kier alpha value is -1.62. The molecule has 276 valence electrons. The van der Waals surface area contributed by atoms with Crippen molar-refractivity contribution in [2.24, 2.45) is 0 Å². The van der Waals surface area contributed by atoms with Crippen LogP contribution in [0.25, 0.3) is 0 Å². The van der Waals surface area contributed by atoms with Crippen LogP contribution in [-0.2, 0) is 19.1 Å². The molecule has 0 radical (unpaired) electrons. The molecule has 0 aliphatic heterocycles. The lowest BCUT2D eigenvalue weighted by Gasteiger charge is -2.15. The van der Waals surface area contributed by atoms with Gasteiger partial charge in [-0.25, -0.2) is 0 Å². The third-order valence-electron chi connectivity index (χ3n) is 8.98. The summed E-state index contributed by atoms with van der Waals surface area (Å²) in [6, 6.07) is 0. The summed E-state index contributed by atoms with van der Waals surface area (Å²) in [5.74, 6) is -0.636. The summed E-state index contributed by atoms with van der Waals surface area (Å²) in [7, 11) is 0. The van der Waals surface area contributed by atoms with Gasteiger partial charge in [0, 0.05) is 12.8 Å². The van der Waals surface area contributed by atoms with Gasteiger partial charge in [0.25, 0.3) is 0 Å². The van der Waals surface area contributed by atoms with Crippen LogP contribution < -0.4 is 0 Å². The van der Waals surface area contributed by atoms with Crippen LogP contribution in [0.1, 0.15) is 213 Å². The predicted molar refractivity (Wildman–Crippen MR) is 201 cm³/mol. The third-order valence-corrected chi connectivity index (χ3v) is 8.98. The zero-order valence-electron chi connectivity index (χ0n) is 31.3. The standard InChI is InChI=1S/C42H78O5/c1-3-5-7-9-11-13-15-16-17-18-19-20-21-22-23-24-25-26-27-29-31-33-35-37-42(45)47-40(38-43)39-46-41(44)36-34-32-30-28-14-12-10-8-6-4-2/h24-25,29,31,40,43H,3-23,26-28,30,32-39H2,1-2H3/b25-24+,31-29+/t40-/m0/s1. The van der Waals surface area contributed by atoms with Crippen LogP contribution >= 0.6 is 0 Å². The largest absolute Gasteiger partial charge is 0.462 e. The zero-order valence-corrected chi connectivity index (χ0v) is 31.3. The van der Waals surface area contributed by atoms with E-state index in [1.54, 1.807) is 0 Å². The number of rotatable bonds is 37. The number of unbranched alkanes of at least 4 members (excludes halogenated alkanes) is 25. The summed E-state index contributed by atoms with van der Waals surface area (Å²) in [6.45, 7) is 4.10. The monoisotopic (exact) mass is 663 g/mol. The number of hydrogen-bond acceptors (Lipinski definition) is 5. The molecular formula is C42H78O5. The van der Waals surface area contributed by atoms with Gasteiger partial charge in [0.1, 0.15) is 6.61 Å².